The van der Waals surface area contributed by atoms with E-state index in [0.717, 1.165) is 16.6 Å². The summed E-state index contributed by atoms with van der Waals surface area (Å²) in [7, 11) is 4.40. The lowest BCUT2D eigenvalue weighted by atomic mass is 10.3. The van der Waals surface area contributed by atoms with Crippen LogP contribution in [0, 0.1) is 0 Å². The molecule has 0 aliphatic heterocycles. The number of carbonyl (C=O) groups is 2. The minimum Gasteiger partial charge on any atom is -0.468 e. The van der Waals surface area contributed by atoms with Crippen LogP contribution in [0.4, 0.5) is 11.6 Å². The second kappa shape index (κ2) is 13.0. The molecule has 6 rings (SSSR count). The predicted molar refractivity (Wildman–Crippen MR) is 151 cm³/mol. The van der Waals surface area contributed by atoms with Gasteiger partial charge in [-0.2, -0.15) is 0 Å². The highest BCUT2D eigenvalue weighted by atomic mass is 16.6. The number of fused-ring (bicyclic) bond motifs is 2. The van der Waals surface area contributed by atoms with Crippen LogP contribution in [0.3, 0.4) is 0 Å². The molecule has 17 heteroatoms. The largest absolute Gasteiger partial charge is 0.468 e. The molecule has 0 unspecified atom stereocenters. The minimum absolute atomic E-state index is 0.00134. The lowest BCUT2D eigenvalue weighted by Crippen LogP contribution is -2.23. The first kappa shape index (κ1) is 29.2. The number of amides is 1. The van der Waals surface area contributed by atoms with Crippen molar-refractivity contribution in [2.75, 3.05) is 32.7 Å². The van der Waals surface area contributed by atoms with Crippen molar-refractivity contribution in [3.05, 3.63) is 48.5 Å². The highest BCUT2D eigenvalue weighted by Gasteiger charge is 2.21. The van der Waals surface area contributed by atoms with E-state index in [4.69, 9.17) is 16.2 Å². The van der Waals surface area contributed by atoms with Crippen molar-refractivity contribution in [1.82, 2.24) is 45.0 Å². The average Bonchev–Trinajstić information content (AvgIpc) is 3.80. The summed E-state index contributed by atoms with van der Waals surface area (Å²) in [5, 5.41) is 17.1. The number of methoxy groups -OCH3 is 1. The summed E-state index contributed by atoms with van der Waals surface area (Å²) >= 11 is 0. The fourth-order valence-electron chi connectivity index (χ4n) is 3.95. The van der Waals surface area contributed by atoms with Crippen molar-refractivity contribution >= 4 is 45.6 Å². The van der Waals surface area contributed by atoms with E-state index in [0.29, 0.717) is 28.6 Å². The second-order valence-corrected chi connectivity index (χ2v) is 8.27. The van der Waals surface area contributed by atoms with Crippen molar-refractivity contribution in [3.8, 4) is 23.0 Å². The Morgan fingerprint density at radius 1 is 0.786 bits per heavy atom. The number of aromatic nitrogens is 8. The van der Waals surface area contributed by atoms with E-state index in [1.165, 1.54) is 14.2 Å². The van der Waals surface area contributed by atoms with Gasteiger partial charge in [-0.1, -0.05) is 24.3 Å². The summed E-state index contributed by atoms with van der Waals surface area (Å²) < 4.78 is 17.3. The van der Waals surface area contributed by atoms with Crippen LogP contribution >= 0.6 is 0 Å². The van der Waals surface area contributed by atoms with E-state index in [1.54, 1.807) is 16.2 Å². The molecule has 218 valence electrons. The number of para-hydroxylation sites is 4. The number of nitrogens with two attached hydrogens (primary N) is 3. The number of hydrogen-bond donors (Lipinski definition) is 4. The molecule has 0 radical (unpaired) electrons. The van der Waals surface area contributed by atoms with E-state index < -0.39 is 5.97 Å². The zero-order chi connectivity index (χ0) is 30.2. The highest BCUT2D eigenvalue weighted by Crippen LogP contribution is 2.27. The number of benzene rings is 2. The number of rotatable bonds is 6. The topological polar surface area (TPSA) is 247 Å². The summed E-state index contributed by atoms with van der Waals surface area (Å²) in [5.74, 6) is 0.572. The van der Waals surface area contributed by atoms with Crippen LogP contribution in [0.2, 0.25) is 0 Å². The number of esters is 1. The molecule has 6 aromatic rings. The zero-order valence-electron chi connectivity index (χ0n) is 22.9. The third-order valence-electron chi connectivity index (χ3n) is 5.86. The number of nitrogens with zero attached hydrogens (tertiary/aromatic N) is 8. The van der Waals surface area contributed by atoms with Crippen molar-refractivity contribution in [3.63, 3.8) is 0 Å². The van der Waals surface area contributed by atoms with Gasteiger partial charge < -0.3 is 36.4 Å². The SMILES string of the molecule is CN.CNC(=O)Cn1c(-c2nonc2N)nc2ccccc21.COC(=O)Cn1c(-c2nonc2N)nc2ccccc21. The molecule has 2 aromatic carbocycles. The first-order valence-electron chi connectivity index (χ1n) is 12.3. The molecule has 0 saturated heterocycles. The summed E-state index contributed by atoms with van der Waals surface area (Å²) in [6, 6.07) is 14.8. The Balaban J connectivity index is 0.000000182. The smallest absolute Gasteiger partial charge is 0.325 e. The molecule has 4 aromatic heterocycles. The van der Waals surface area contributed by atoms with Crippen LogP contribution in [0.15, 0.2) is 57.8 Å². The lowest BCUT2D eigenvalue weighted by molar-refractivity contribution is -0.141. The summed E-state index contributed by atoms with van der Waals surface area (Å²) in [6.07, 6.45) is 0. The van der Waals surface area contributed by atoms with E-state index in [9.17, 15) is 9.59 Å². The van der Waals surface area contributed by atoms with E-state index in [-0.39, 0.29) is 30.6 Å². The summed E-state index contributed by atoms with van der Waals surface area (Å²) in [6.45, 7) is 0.108. The molecule has 0 aliphatic rings. The van der Waals surface area contributed by atoms with Crippen molar-refractivity contribution < 1.29 is 23.6 Å². The maximum Gasteiger partial charge on any atom is 0.325 e. The molecule has 0 bridgehead atoms. The van der Waals surface area contributed by atoms with Crippen LogP contribution in [0.1, 0.15) is 0 Å². The maximum absolute atomic E-state index is 11.7. The third-order valence-corrected chi connectivity index (χ3v) is 5.86. The van der Waals surface area contributed by atoms with Crippen LogP contribution in [0.5, 0.6) is 0 Å². The minimum atomic E-state index is -0.399. The van der Waals surface area contributed by atoms with Crippen molar-refractivity contribution in [1.29, 1.82) is 0 Å². The number of ether oxygens (including phenoxy) is 1. The van der Waals surface area contributed by atoms with Gasteiger partial charge >= 0.3 is 5.97 Å². The van der Waals surface area contributed by atoms with Crippen LogP contribution < -0.4 is 22.5 Å². The standard InChI is InChI=1S/C12H12N6O2.C12H11N5O3.CH5N/c1-14-9(19)6-18-8-5-3-2-4-7(8)15-12(18)10-11(13)17-20-16-10;1-19-9(18)6-17-8-5-3-2-4-7(8)14-12(17)10-11(13)16-20-15-10;1-2/h2-5H,6H2,1H3,(H2,13,17)(H,14,19);2-5H,6H2,1H3,(H2,13,16);2H2,1H3. The van der Waals surface area contributed by atoms with Crippen molar-refractivity contribution in [2.24, 2.45) is 5.73 Å². The zero-order valence-corrected chi connectivity index (χ0v) is 22.9. The van der Waals surface area contributed by atoms with Gasteiger partial charge in [0.25, 0.3) is 0 Å². The monoisotopic (exact) mass is 576 g/mol. The Bertz CT molecular complexity index is 1690. The van der Waals surface area contributed by atoms with E-state index in [2.05, 4.69) is 50.9 Å². The first-order chi connectivity index (χ1) is 20.4. The predicted octanol–water partition coefficient (Wildman–Crippen LogP) is 0.831. The van der Waals surface area contributed by atoms with Gasteiger partial charge in [0.2, 0.25) is 5.91 Å². The van der Waals surface area contributed by atoms with Gasteiger partial charge in [0.05, 0.1) is 29.2 Å². The number of imidazole rings is 2. The fraction of sp³-hybridized carbons (Fsp3) is 0.200. The summed E-state index contributed by atoms with van der Waals surface area (Å²) in [5.41, 5.74) is 19.6. The Morgan fingerprint density at radius 3 is 1.64 bits per heavy atom. The number of nitrogen functional groups attached to an aromatic ring is 2. The highest BCUT2D eigenvalue weighted by molar-refractivity contribution is 5.85. The molecule has 0 fully saturated rings. The van der Waals surface area contributed by atoms with Gasteiger partial charge in [-0.05, 0) is 51.9 Å². The average molecular weight is 577 g/mol. The van der Waals surface area contributed by atoms with Gasteiger partial charge in [-0.25, -0.2) is 19.2 Å². The van der Waals surface area contributed by atoms with Crippen LogP contribution in [0.25, 0.3) is 45.1 Å². The molecule has 0 spiro atoms. The third kappa shape index (κ3) is 5.85. The number of carbonyl (C=O) groups excluding carboxylic acids is 2. The quantitative estimate of drug-likeness (QED) is 0.201. The molecular weight excluding hydrogens is 548 g/mol. The molecule has 0 saturated carbocycles. The molecule has 7 N–H and O–H groups in total. The van der Waals surface area contributed by atoms with E-state index in [1.807, 2.05) is 48.5 Å². The molecule has 42 heavy (non-hydrogen) atoms. The van der Waals surface area contributed by atoms with Gasteiger partial charge in [-0.3, -0.25) is 9.59 Å². The van der Waals surface area contributed by atoms with Gasteiger partial charge in [0.1, 0.15) is 13.1 Å². The number of nitrogens with one attached hydrogen (secondary N) is 1. The molecular formula is C25H28N12O5. The molecule has 4 heterocycles. The molecule has 1 amide bonds. The van der Waals surface area contributed by atoms with Gasteiger partial charge in [0, 0.05) is 7.05 Å². The van der Waals surface area contributed by atoms with Gasteiger partial charge in [-0.15, -0.1) is 0 Å². The first-order valence-corrected chi connectivity index (χ1v) is 12.3. The summed E-state index contributed by atoms with van der Waals surface area (Å²) in [4.78, 5) is 32.1. The van der Waals surface area contributed by atoms with Crippen LogP contribution in [-0.2, 0) is 27.4 Å². The van der Waals surface area contributed by atoms with Crippen LogP contribution in [-0.4, -0.2) is 72.8 Å². The Morgan fingerprint density at radius 2 is 1.24 bits per heavy atom. The normalized spacial score (nSPS) is 10.5. The number of likely N-dealkylation sites (N-methyl/N-ethyl adjacent to an activating group) is 1. The van der Waals surface area contributed by atoms with Crippen molar-refractivity contribution in [2.45, 2.75) is 13.1 Å². The second-order valence-electron chi connectivity index (χ2n) is 8.27. The molecule has 0 atom stereocenters. The lowest BCUT2D eigenvalue weighted by Gasteiger charge is -2.06. The fourth-order valence-corrected chi connectivity index (χ4v) is 3.95. The van der Waals surface area contributed by atoms with E-state index >= 15 is 0 Å². The molecule has 17 nitrogen and oxygen atoms in total. The Hall–Kier alpha value is -5.84. The Kier molecular flexibility index (Phi) is 9.03. The maximum atomic E-state index is 11.7. The Labute approximate surface area is 237 Å². The number of hydrogen-bond acceptors (Lipinski definition) is 14. The number of anilines is 2. The molecule has 0 aliphatic carbocycles. The van der Waals surface area contributed by atoms with Gasteiger partial charge in [0.15, 0.2) is 34.7 Å².